The predicted octanol–water partition coefficient (Wildman–Crippen LogP) is 4.03. The van der Waals surface area contributed by atoms with Crippen molar-refractivity contribution < 1.29 is 22.8 Å². The molecule has 2 rings (SSSR count). The Kier molecular flexibility index (Phi) is 6.98. The van der Waals surface area contributed by atoms with Gasteiger partial charge in [-0.25, -0.2) is 0 Å². The summed E-state index contributed by atoms with van der Waals surface area (Å²) >= 11 is 2.26. The zero-order valence-electron chi connectivity index (χ0n) is 13.6. The third-order valence-corrected chi connectivity index (χ3v) is 4.92. The van der Waals surface area contributed by atoms with Crippen LogP contribution in [0.1, 0.15) is 25.3 Å². The highest BCUT2D eigenvalue weighted by Gasteiger charge is 2.29. The van der Waals surface area contributed by atoms with Crippen molar-refractivity contribution in [1.82, 2.24) is 10.2 Å². The van der Waals surface area contributed by atoms with E-state index in [0.29, 0.717) is 15.9 Å². The molecule has 0 aliphatic rings. The zero-order chi connectivity index (χ0) is 19.2. The van der Waals surface area contributed by atoms with Gasteiger partial charge in [0.25, 0.3) is 0 Å². The number of halogens is 3. The number of amides is 2. The molecule has 0 unspecified atom stereocenters. The quantitative estimate of drug-likeness (QED) is 0.538. The highest BCUT2D eigenvalue weighted by molar-refractivity contribution is 8.01. The lowest BCUT2D eigenvalue weighted by Gasteiger charge is -2.08. The topological polar surface area (TPSA) is 84.0 Å². The van der Waals surface area contributed by atoms with Gasteiger partial charge in [0.15, 0.2) is 4.34 Å². The molecule has 0 aliphatic carbocycles. The molecule has 0 atom stereocenters. The van der Waals surface area contributed by atoms with Gasteiger partial charge in [0.05, 0.1) is 11.3 Å². The number of alkyl halides is 3. The Morgan fingerprint density at radius 2 is 1.81 bits per heavy atom. The van der Waals surface area contributed by atoms with Crippen LogP contribution < -0.4 is 10.6 Å². The number of nitrogens with one attached hydrogen (secondary N) is 2. The summed E-state index contributed by atoms with van der Waals surface area (Å²) in [6.45, 7) is 1.89. The number of anilines is 2. The first-order chi connectivity index (χ1) is 12.3. The van der Waals surface area contributed by atoms with E-state index in [1.165, 1.54) is 12.1 Å². The average Bonchev–Trinajstić information content (AvgIpc) is 3.00. The molecule has 0 radical (unpaired) electrons. The first-order valence-corrected chi connectivity index (χ1v) is 9.31. The second-order valence-corrected chi connectivity index (χ2v) is 7.28. The largest absolute Gasteiger partial charge is 0.416 e. The maximum absolute atomic E-state index is 12.5. The van der Waals surface area contributed by atoms with Crippen molar-refractivity contribution in [3.8, 4) is 0 Å². The molecule has 1 heterocycles. The molecule has 26 heavy (non-hydrogen) atoms. The molecular weight excluding hydrogens is 389 g/mol. The van der Waals surface area contributed by atoms with Gasteiger partial charge in [0, 0.05) is 12.1 Å². The third kappa shape index (κ3) is 6.30. The van der Waals surface area contributed by atoms with Gasteiger partial charge in [-0.15, -0.1) is 10.2 Å². The summed E-state index contributed by atoms with van der Waals surface area (Å²) in [5, 5.41) is 13.1. The molecule has 0 spiro atoms. The zero-order valence-corrected chi connectivity index (χ0v) is 15.2. The van der Waals surface area contributed by atoms with Crippen LogP contribution in [0.15, 0.2) is 28.6 Å². The maximum atomic E-state index is 12.5. The van der Waals surface area contributed by atoms with Crippen molar-refractivity contribution >= 4 is 45.7 Å². The fourth-order valence-electron chi connectivity index (χ4n) is 1.79. The minimum Gasteiger partial charge on any atom is -0.325 e. The van der Waals surface area contributed by atoms with Gasteiger partial charge in [-0.05, 0) is 30.7 Å². The number of benzene rings is 1. The van der Waals surface area contributed by atoms with Gasteiger partial charge in [-0.3, -0.25) is 9.59 Å². The molecule has 0 saturated carbocycles. The lowest BCUT2D eigenvalue weighted by Crippen LogP contribution is -2.14. The van der Waals surface area contributed by atoms with Crippen molar-refractivity contribution in [3.05, 3.63) is 29.8 Å². The van der Waals surface area contributed by atoms with Gasteiger partial charge in [-0.2, -0.15) is 13.2 Å². The van der Waals surface area contributed by atoms with Crippen molar-refractivity contribution in [3.63, 3.8) is 0 Å². The molecule has 2 amide bonds. The fourth-order valence-corrected chi connectivity index (χ4v) is 3.36. The lowest BCUT2D eigenvalue weighted by molar-refractivity contribution is -0.137. The van der Waals surface area contributed by atoms with Gasteiger partial charge in [0.2, 0.25) is 16.9 Å². The Morgan fingerprint density at radius 1 is 1.12 bits per heavy atom. The summed E-state index contributed by atoms with van der Waals surface area (Å²) in [6.07, 6.45) is -3.31. The number of hydrogen-bond acceptors (Lipinski definition) is 6. The Morgan fingerprint density at radius 3 is 2.42 bits per heavy atom. The highest BCUT2D eigenvalue weighted by atomic mass is 32.2. The fraction of sp³-hybridized carbons (Fsp3) is 0.333. The molecule has 0 aliphatic heterocycles. The Bertz CT molecular complexity index is 763. The molecule has 0 saturated heterocycles. The molecule has 2 N–H and O–H groups in total. The minimum atomic E-state index is -4.42. The van der Waals surface area contributed by atoms with E-state index in [1.807, 2.05) is 6.92 Å². The maximum Gasteiger partial charge on any atom is 0.416 e. The number of nitrogens with zero attached hydrogens (tertiary/aromatic N) is 2. The molecule has 0 fully saturated rings. The van der Waals surface area contributed by atoms with E-state index in [-0.39, 0.29) is 23.3 Å². The van der Waals surface area contributed by atoms with Crippen LogP contribution >= 0.6 is 23.1 Å². The molecule has 11 heteroatoms. The van der Waals surface area contributed by atoms with Gasteiger partial charge >= 0.3 is 6.18 Å². The van der Waals surface area contributed by atoms with Crippen LogP contribution in [0.2, 0.25) is 0 Å². The molecule has 1 aromatic carbocycles. The summed E-state index contributed by atoms with van der Waals surface area (Å²) in [5.41, 5.74) is -0.509. The van der Waals surface area contributed by atoms with Gasteiger partial charge in [0.1, 0.15) is 0 Å². The van der Waals surface area contributed by atoms with Crippen LogP contribution in [0.25, 0.3) is 0 Å². The molecule has 1 aromatic heterocycles. The highest BCUT2D eigenvalue weighted by Crippen LogP contribution is 2.30. The third-order valence-electron chi connectivity index (χ3n) is 2.95. The number of rotatable bonds is 7. The van der Waals surface area contributed by atoms with Crippen LogP contribution in [0.5, 0.6) is 0 Å². The first-order valence-electron chi connectivity index (χ1n) is 7.51. The molecule has 0 bridgehead atoms. The Balaban J connectivity index is 1.82. The number of thioether (sulfide) groups is 1. The van der Waals surface area contributed by atoms with Crippen molar-refractivity contribution in [2.45, 2.75) is 30.3 Å². The summed E-state index contributed by atoms with van der Waals surface area (Å²) < 4.78 is 38.0. The Hall–Kier alpha value is -2.14. The van der Waals surface area contributed by atoms with Crippen LogP contribution in [0.3, 0.4) is 0 Å². The molecule has 2 aromatic rings. The van der Waals surface area contributed by atoms with E-state index >= 15 is 0 Å². The Labute approximate surface area is 155 Å². The monoisotopic (exact) mass is 404 g/mol. The predicted molar refractivity (Wildman–Crippen MR) is 94.2 cm³/mol. The standard InChI is InChI=1S/C15H15F3N4O2S2/c1-2-3-11(23)20-13-21-22-14(26-13)25-8-12(24)19-10-6-4-9(5-7-10)15(16,17)18/h4-7H,2-3,8H2,1H3,(H,19,24)(H,20,21,23). The summed E-state index contributed by atoms with van der Waals surface area (Å²) in [7, 11) is 0. The van der Waals surface area contributed by atoms with Crippen LogP contribution in [-0.4, -0.2) is 27.8 Å². The van der Waals surface area contributed by atoms with E-state index in [4.69, 9.17) is 0 Å². The van der Waals surface area contributed by atoms with E-state index in [1.54, 1.807) is 0 Å². The molecular formula is C15H15F3N4O2S2. The number of carbonyl (C=O) groups excluding carboxylic acids is 2. The number of carbonyl (C=O) groups is 2. The lowest BCUT2D eigenvalue weighted by atomic mass is 10.2. The van der Waals surface area contributed by atoms with Crippen LogP contribution in [0, 0.1) is 0 Å². The molecule has 140 valence electrons. The van der Waals surface area contributed by atoms with E-state index < -0.39 is 11.7 Å². The SMILES string of the molecule is CCCC(=O)Nc1nnc(SCC(=O)Nc2ccc(C(F)(F)F)cc2)s1. The van der Waals surface area contributed by atoms with Gasteiger partial charge < -0.3 is 10.6 Å². The van der Waals surface area contributed by atoms with Gasteiger partial charge in [-0.1, -0.05) is 30.0 Å². The summed E-state index contributed by atoms with van der Waals surface area (Å²) in [6, 6.07) is 4.19. The second kappa shape index (κ2) is 8.99. The van der Waals surface area contributed by atoms with E-state index in [2.05, 4.69) is 20.8 Å². The van der Waals surface area contributed by atoms with Crippen molar-refractivity contribution in [1.29, 1.82) is 0 Å². The van der Waals surface area contributed by atoms with Crippen LogP contribution in [0.4, 0.5) is 24.0 Å². The first kappa shape index (κ1) is 20.2. The van der Waals surface area contributed by atoms with Crippen LogP contribution in [-0.2, 0) is 15.8 Å². The number of hydrogen-bond donors (Lipinski definition) is 2. The average molecular weight is 404 g/mol. The smallest absolute Gasteiger partial charge is 0.325 e. The normalized spacial score (nSPS) is 11.2. The van der Waals surface area contributed by atoms with E-state index in [0.717, 1.165) is 41.7 Å². The molecule has 6 nitrogen and oxygen atoms in total. The van der Waals surface area contributed by atoms with E-state index in [9.17, 15) is 22.8 Å². The van der Waals surface area contributed by atoms with Crippen molar-refractivity contribution in [2.24, 2.45) is 0 Å². The summed E-state index contributed by atoms with van der Waals surface area (Å²) in [4.78, 5) is 23.3. The summed E-state index contributed by atoms with van der Waals surface area (Å²) in [5.74, 6) is -0.528. The minimum absolute atomic E-state index is 0.0125. The van der Waals surface area contributed by atoms with Crippen molar-refractivity contribution in [2.75, 3.05) is 16.4 Å². The second-order valence-electron chi connectivity index (χ2n) is 5.08. The number of aromatic nitrogens is 2.